The van der Waals surface area contributed by atoms with Crippen molar-refractivity contribution in [3.63, 3.8) is 0 Å². The molecule has 1 unspecified atom stereocenters. The normalized spacial score (nSPS) is 17.8. The summed E-state index contributed by atoms with van der Waals surface area (Å²) in [5.74, 6) is 0.630. The molecule has 2 heterocycles. The first-order valence-electron chi connectivity index (χ1n) is 10.2. The third-order valence-electron chi connectivity index (χ3n) is 5.54. The number of aliphatic hydroxyl groups excluding tert-OH is 1. The highest BCUT2D eigenvalue weighted by molar-refractivity contribution is 5.94. The van der Waals surface area contributed by atoms with Crippen molar-refractivity contribution in [1.82, 2.24) is 15.6 Å². The summed E-state index contributed by atoms with van der Waals surface area (Å²) in [6, 6.07) is 12.4. The van der Waals surface area contributed by atoms with E-state index in [1.807, 2.05) is 6.07 Å². The minimum atomic E-state index is -0.636. The van der Waals surface area contributed by atoms with Crippen LogP contribution in [0.3, 0.4) is 0 Å². The molecule has 0 bridgehead atoms. The lowest BCUT2D eigenvalue weighted by Crippen LogP contribution is -2.41. The van der Waals surface area contributed by atoms with Gasteiger partial charge in [0.1, 0.15) is 5.82 Å². The molecule has 3 N–H and O–H groups in total. The zero-order valence-corrected chi connectivity index (χ0v) is 16.5. The Morgan fingerprint density at radius 3 is 2.52 bits per heavy atom. The van der Waals surface area contributed by atoms with E-state index >= 15 is 0 Å². The standard InChI is InChI=1S/C22H28N4O3/c27-20(14-23-19-11-16-3-1-2-4-17(16)12-19)15-25-22(28)18-5-6-21(24-13-18)26-7-9-29-10-8-26/h1-6,13,19-20,23,27H,7-12,14-15H2,(H,25,28). The highest BCUT2D eigenvalue weighted by Gasteiger charge is 2.21. The second kappa shape index (κ2) is 9.35. The molecule has 1 aliphatic carbocycles. The first kappa shape index (κ1) is 19.8. The van der Waals surface area contributed by atoms with Crippen molar-refractivity contribution in [2.24, 2.45) is 0 Å². The van der Waals surface area contributed by atoms with Crippen molar-refractivity contribution in [1.29, 1.82) is 0 Å². The maximum absolute atomic E-state index is 12.3. The number of aliphatic hydroxyl groups is 1. The van der Waals surface area contributed by atoms with Crippen LogP contribution in [0.15, 0.2) is 42.6 Å². The number of aromatic nitrogens is 1. The molecule has 0 spiro atoms. The number of nitrogens with zero attached hydrogens (tertiary/aromatic N) is 2. The molecule has 7 heteroatoms. The Hall–Kier alpha value is -2.48. The van der Waals surface area contributed by atoms with Gasteiger partial charge in [0.2, 0.25) is 0 Å². The van der Waals surface area contributed by atoms with Crippen LogP contribution in [0.5, 0.6) is 0 Å². The van der Waals surface area contributed by atoms with E-state index in [0.717, 1.165) is 31.7 Å². The van der Waals surface area contributed by atoms with Crippen molar-refractivity contribution in [3.05, 3.63) is 59.3 Å². The molecule has 1 aromatic carbocycles. The molecule has 1 aliphatic heterocycles. The highest BCUT2D eigenvalue weighted by Crippen LogP contribution is 2.21. The van der Waals surface area contributed by atoms with Crippen molar-refractivity contribution in [2.45, 2.75) is 25.0 Å². The monoisotopic (exact) mass is 396 g/mol. The lowest BCUT2D eigenvalue weighted by Gasteiger charge is -2.27. The van der Waals surface area contributed by atoms with Crippen LogP contribution in [0.1, 0.15) is 21.5 Å². The molecule has 2 aliphatic rings. The Labute approximate surface area is 171 Å². The highest BCUT2D eigenvalue weighted by atomic mass is 16.5. The van der Waals surface area contributed by atoms with Crippen LogP contribution in [0.25, 0.3) is 0 Å². The molecule has 4 rings (SSSR count). The van der Waals surface area contributed by atoms with Gasteiger partial charge in [0.25, 0.3) is 5.91 Å². The summed E-state index contributed by atoms with van der Waals surface area (Å²) in [6.07, 6.45) is 2.91. The topological polar surface area (TPSA) is 86.7 Å². The zero-order valence-electron chi connectivity index (χ0n) is 16.5. The number of hydrogen-bond donors (Lipinski definition) is 3. The summed E-state index contributed by atoms with van der Waals surface area (Å²) in [5.41, 5.74) is 3.25. The molecule has 0 radical (unpaired) electrons. The number of hydrogen-bond acceptors (Lipinski definition) is 6. The molecule has 1 aromatic heterocycles. The third kappa shape index (κ3) is 5.12. The van der Waals surface area contributed by atoms with Crippen molar-refractivity contribution >= 4 is 11.7 Å². The van der Waals surface area contributed by atoms with Crippen LogP contribution in [-0.2, 0) is 17.6 Å². The number of nitrogens with one attached hydrogen (secondary N) is 2. The van der Waals surface area contributed by atoms with E-state index in [-0.39, 0.29) is 12.5 Å². The third-order valence-corrected chi connectivity index (χ3v) is 5.54. The van der Waals surface area contributed by atoms with Crippen LogP contribution < -0.4 is 15.5 Å². The fraction of sp³-hybridized carbons (Fsp3) is 0.455. The second-order valence-electron chi connectivity index (χ2n) is 7.65. The van der Waals surface area contributed by atoms with E-state index in [0.29, 0.717) is 31.4 Å². The average molecular weight is 396 g/mol. The second-order valence-corrected chi connectivity index (χ2v) is 7.65. The van der Waals surface area contributed by atoms with Gasteiger partial charge < -0.3 is 25.4 Å². The van der Waals surface area contributed by atoms with E-state index in [9.17, 15) is 9.90 Å². The van der Waals surface area contributed by atoms with E-state index in [1.54, 1.807) is 12.3 Å². The molecular weight excluding hydrogens is 368 g/mol. The number of carbonyl (C=O) groups excluding carboxylic acids is 1. The number of carbonyl (C=O) groups is 1. The van der Waals surface area contributed by atoms with Gasteiger partial charge in [-0.1, -0.05) is 24.3 Å². The van der Waals surface area contributed by atoms with Crippen LogP contribution in [-0.4, -0.2) is 67.5 Å². The molecule has 0 saturated carbocycles. The molecular formula is C22H28N4O3. The van der Waals surface area contributed by atoms with Gasteiger partial charge in [-0.3, -0.25) is 4.79 Å². The first-order valence-corrected chi connectivity index (χ1v) is 10.2. The maximum atomic E-state index is 12.3. The quantitative estimate of drug-likeness (QED) is 0.641. The summed E-state index contributed by atoms with van der Waals surface area (Å²) < 4.78 is 5.34. The Balaban J connectivity index is 1.19. The van der Waals surface area contributed by atoms with Crippen molar-refractivity contribution < 1.29 is 14.6 Å². The Morgan fingerprint density at radius 2 is 1.86 bits per heavy atom. The number of anilines is 1. The predicted molar refractivity (Wildman–Crippen MR) is 111 cm³/mol. The average Bonchev–Trinajstić information content (AvgIpc) is 3.20. The maximum Gasteiger partial charge on any atom is 0.252 e. The number of ether oxygens (including phenoxy) is 1. The summed E-state index contributed by atoms with van der Waals surface area (Å²) in [7, 11) is 0. The minimum absolute atomic E-state index is 0.205. The molecule has 154 valence electrons. The van der Waals surface area contributed by atoms with Crippen LogP contribution >= 0.6 is 0 Å². The van der Waals surface area contributed by atoms with Gasteiger partial charge in [-0.05, 0) is 36.1 Å². The van der Waals surface area contributed by atoms with Crippen molar-refractivity contribution in [3.8, 4) is 0 Å². The van der Waals surface area contributed by atoms with Gasteiger partial charge in [-0.15, -0.1) is 0 Å². The molecule has 1 fully saturated rings. The first-order chi connectivity index (χ1) is 14.2. The van der Waals surface area contributed by atoms with E-state index in [1.165, 1.54) is 11.1 Å². The Morgan fingerprint density at radius 1 is 1.14 bits per heavy atom. The summed E-state index contributed by atoms with van der Waals surface area (Å²) in [5, 5.41) is 16.4. The largest absolute Gasteiger partial charge is 0.390 e. The van der Waals surface area contributed by atoms with Gasteiger partial charge in [-0.25, -0.2) is 4.98 Å². The lowest BCUT2D eigenvalue weighted by atomic mass is 10.1. The van der Waals surface area contributed by atoms with Gasteiger partial charge in [-0.2, -0.15) is 0 Å². The lowest BCUT2D eigenvalue weighted by molar-refractivity contribution is 0.0913. The van der Waals surface area contributed by atoms with Crippen LogP contribution in [0, 0.1) is 0 Å². The minimum Gasteiger partial charge on any atom is -0.390 e. The Bertz CT molecular complexity index is 796. The summed E-state index contributed by atoms with van der Waals surface area (Å²) in [4.78, 5) is 18.9. The number of pyridine rings is 1. The number of rotatable bonds is 7. The van der Waals surface area contributed by atoms with Gasteiger partial charge >= 0.3 is 0 Å². The number of benzene rings is 1. The van der Waals surface area contributed by atoms with E-state index < -0.39 is 6.10 Å². The molecule has 29 heavy (non-hydrogen) atoms. The summed E-state index contributed by atoms with van der Waals surface area (Å²) in [6.45, 7) is 3.67. The van der Waals surface area contributed by atoms with Crippen molar-refractivity contribution in [2.75, 3.05) is 44.3 Å². The summed E-state index contributed by atoms with van der Waals surface area (Å²) >= 11 is 0. The fourth-order valence-electron chi connectivity index (χ4n) is 3.89. The SMILES string of the molecule is O=C(NCC(O)CNC1Cc2ccccc2C1)c1ccc(N2CCOCC2)nc1. The predicted octanol–water partition coefficient (Wildman–Crippen LogP) is 0.766. The zero-order chi connectivity index (χ0) is 20.1. The van der Waals surface area contributed by atoms with Gasteiger partial charge in [0, 0.05) is 38.4 Å². The molecule has 2 aromatic rings. The Kier molecular flexibility index (Phi) is 6.39. The smallest absolute Gasteiger partial charge is 0.252 e. The van der Waals surface area contributed by atoms with Gasteiger partial charge in [0.15, 0.2) is 0 Å². The number of amides is 1. The van der Waals surface area contributed by atoms with Crippen LogP contribution in [0.2, 0.25) is 0 Å². The number of fused-ring (bicyclic) bond motifs is 1. The van der Waals surface area contributed by atoms with E-state index in [2.05, 4.69) is 44.8 Å². The molecule has 1 saturated heterocycles. The molecule has 1 amide bonds. The molecule has 7 nitrogen and oxygen atoms in total. The number of morpholine rings is 1. The van der Waals surface area contributed by atoms with E-state index in [4.69, 9.17) is 4.74 Å². The molecule has 1 atom stereocenters. The van der Waals surface area contributed by atoms with Crippen LogP contribution in [0.4, 0.5) is 5.82 Å². The van der Waals surface area contributed by atoms with Gasteiger partial charge in [0.05, 0.1) is 24.9 Å². The fourth-order valence-corrected chi connectivity index (χ4v) is 3.89.